The second-order valence-electron chi connectivity index (χ2n) is 8.54. The second kappa shape index (κ2) is 9.38. The van der Waals surface area contributed by atoms with E-state index in [1.807, 2.05) is 72.8 Å². The van der Waals surface area contributed by atoms with Crippen molar-refractivity contribution in [2.24, 2.45) is 0 Å². The molecule has 5 rings (SSSR count). The summed E-state index contributed by atoms with van der Waals surface area (Å²) in [7, 11) is -1.70. The molecule has 1 N–H and O–H groups in total. The number of amides is 1. The maximum Gasteiger partial charge on any atom is 0.226 e. The van der Waals surface area contributed by atoms with Crippen LogP contribution < -0.4 is 10.1 Å². The molecule has 8 heteroatoms. The number of fused-ring (bicyclic) bond motifs is 1. The summed E-state index contributed by atoms with van der Waals surface area (Å²) in [5, 5.41) is 7.53. The summed E-state index contributed by atoms with van der Waals surface area (Å²) in [6.07, 6.45) is 0.198. The monoisotopic (exact) mass is 487 g/mol. The number of aromatic nitrogens is 2. The molecular weight excluding hydrogens is 462 g/mol. The summed E-state index contributed by atoms with van der Waals surface area (Å²) < 4.78 is 31.4. The van der Waals surface area contributed by atoms with E-state index in [0.717, 1.165) is 11.1 Å². The van der Waals surface area contributed by atoms with Crippen molar-refractivity contribution in [3.05, 3.63) is 107 Å². The average Bonchev–Trinajstić information content (AvgIpc) is 3.35. The molecule has 0 saturated heterocycles. The summed E-state index contributed by atoms with van der Waals surface area (Å²) in [6.45, 7) is 0. The van der Waals surface area contributed by atoms with Crippen molar-refractivity contribution in [2.45, 2.75) is 23.8 Å². The number of sulfone groups is 1. The molecule has 1 amide bonds. The summed E-state index contributed by atoms with van der Waals surface area (Å²) in [6, 6.07) is 27.0. The lowest BCUT2D eigenvalue weighted by molar-refractivity contribution is -0.116. The van der Waals surface area contributed by atoms with Crippen LogP contribution >= 0.6 is 0 Å². The van der Waals surface area contributed by atoms with Gasteiger partial charge in [-0.25, -0.2) is 13.1 Å². The molecule has 3 aromatic carbocycles. The highest BCUT2D eigenvalue weighted by atomic mass is 32.2. The molecule has 0 atom stereocenters. The molecule has 35 heavy (non-hydrogen) atoms. The van der Waals surface area contributed by atoms with Gasteiger partial charge in [-0.1, -0.05) is 60.7 Å². The summed E-state index contributed by atoms with van der Waals surface area (Å²) in [5.74, 6) is 0.446. The van der Waals surface area contributed by atoms with E-state index in [1.165, 1.54) is 0 Å². The zero-order chi connectivity index (χ0) is 24.4. The number of nitrogens with zero attached hydrogens (tertiary/aromatic N) is 2. The molecule has 0 unspecified atom stereocenters. The minimum atomic E-state index is -3.29. The quantitative estimate of drug-likeness (QED) is 0.415. The van der Waals surface area contributed by atoms with Crippen molar-refractivity contribution in [1.82, 2.24) is 9.78 Å². The van der Waals surface area contributed by atoms with Crippen molar-refractivity contribution in [3.8, 4) is 11.4 Å². The molecule has 7 nitrogen and oxygen atoms in total. The van der Waals surface area contributed by atoms with Crippen LogP contribution in [0.4, 0.5) is 5.82 Å². The van der Waals surface area contributed by atoms with Crippen LogP contribution in [0.5, 0.6) is 5.75 Å². The molecule has 0 radical (unpaired) electrons. The Hall–Kier alpha value is -3.91. The molecule has 0 fully saturated rings. The number of carbonyl (C=O) groups excluding carboxylic acids is 1. The Bertz CT molecular complexity index is 1410. The van der Waals surface area contributed by atoms with Crippen LogP contribution in [0, 0.1) is 0 Å². The third-order valence-corrected chi connectivity index (χ3v) is 7.60. The van der Waals surface area contributed by atoms with E-state index in [1.54, 1.807) is 23.9 Å². The predicted octanol–water partition coefficient (Wildman–Crippen LogP) is 4.47. The maximum absolute atomic E-state index is 13.4. The Balaban J connectivity index is 1.48. The summed E-state index contributed by atoms with van der Waals surface area (Å²) in [5.41, 5.74) is 3.79. The molecule has 2 heterocycles. The minimum absolute atomic E-state index is 0.134. The Morgan fingerprint density at radius 2 is 1.54 bits per heavy atom. The van der Waals surface area contributed by atoms with Crippen molar-refractivity contribution < 1.29 is 17.9 Å². The number of benzene rings is 3. The van der Waals surface area contributed by atoms with Crippen LogP contribution in [0.1, 0.15) is 34.7 Å². The molecule has 4 aromatic rings. The predicted molar refractivity (Wildman–Crippen MR) is 134 cm³/mol. The van der Waals surface area contributed by atoms with Gasteiger partial charge in [0.25, 0.3) is 0 Å². The average molecular weight is 488 g/mol. The standard InChI is InChI=1S/C27H25N3O4S/c1-34-22-14-12-21(13-15-22)30-27(24-17-35(32,33)18-25(24)29-30)28-26(31)16-23(19-8-4-2-5-9-19)20-10-6-3-7-11-20/h2-15,23H,16-18H2,1H3,(H,28,31). The van der Waals surface area contributed by atoms with Crippen molar-refractivity contribution >= 4 is 21.6 Å². The van der Waals surface area contributed by atoms with Crippen LogP contribution in [-0.4, -0.2) is 31.2 Å². The van der Waals surface area contributed by atoms with E-state index in [0.29, 0.717) is 28.5 Å². The van der Waals surface area contributed by atoms with Gasteiger partial charge in [0.2, 0.25) is 5.91 Å². The van der Waals surface area contributed by atoms with Gasteiger partial charge in [-0.15, -0.1) is 0 Å². The van der Waals surface area contributed by atoms with Gasteiger partial charge < -0.3 is 10.1 Å². The minimum Gasteiger partial charge on any atom is -0.497 e. The second-order valence-corrected chi connectivity index (χ2v) is 10.6. The Morgan fingerprint density at radius 3 is 2.11 bits per heavy atom. The van der Waals surface area contributed by atoms with Gasteiger partial charge >= 0.3 is 0 Å². The lowest BCUT2D eigenvalue weighted by Crippen LogP contribution is -2.19. The van der Waals surface area contributed by atoms with Gasteiger partial charge in [-0.3, -0.25) is 4.79 Å². The Kier molecular flexibility index (Phi) is 6.13. The van der Waals surface area contributed by atoms with E-state index in [9.17, 15) is 13.2 Å². The molecule has 178 valence electrons. The maximum atomic E-state index is 13.4. The number of carbonyl (C=O) groups is 1. The highest BCUT2D eigenvalue weighted by Crippen LogP contribution is 2.34. The summed E-state index contributed by atoms with van der Waals surface area (Å²) >= 11 is 0. The normalized spacial score (nSPS) is 14.0. The highest BCUT2D eigenvalue weighted by Gasteiger charge is 2.33. The molecule has 1 aliphatic rings. The molecule has 1 aromatic heterocycles. The first-order chi connectivity index (χ1) is 16.9. The fourth-order valence-electron chi connectivity index (χ4n) is 4.45. The molecule has 0 saturated carbocycles. The molecular formula is C27H25N3O4S. The van der Waals surface area contributed by atoms with E-state index in [2.05, 4.69) is 10.4 Å². The number of anilines is 1. The molecule has 0 aliphatic carbocycles. The number of hydrogen-bond acceptors (Lipinski definition) is 5. The van der Waals surface area contributed by atoms with Gasteiger partial charge in [-0.05, 0) is 35.4 Å². The third kappa shape index (κ3) is 4.83. The number of ether oxygens (including phenoxy) is 1. The van der Waals surface area contributed by atoms with E-state index in [4.69, 9.17) is 4.74 Å². The van der Waals surface area contributed by atoms with Crippen LogP contribution in [0.2, 0.25) is 0 Å². The lowest BCUT2D eigenvalue weighted by atomic mass is 9.88. The molecule has 0 bridgehead atoms. The largest absolute Gasteiger partial charge is 0.497 e. The van der Waals surface area contributed by atoms with Crippen LogP contribution in [-0.2, 0) is 26.1 Å². The third-order valence-electron chi connectivity index (χ3n) is 6.16. The number of nitrogens with one attached hydrogen (secondary N) is 1. The van der Waals surface area contributed by atoms with Gasteiger partial charge in [0.05, 0.1) is 30.0 Å². The fraction of sp³-hybridized carbons (Fsp3) is 0.185. The van der Waals surface area contributed by atoms with Gasteiger partial charge in [0.1, 0.15) is 11.6 Å². The van der Waals surface area contributed by atoms with Gasteiger partial charge in [0.15, 0.2) is 9.84 Å². The number of hydrogen-bond donors (Lipinski definition) is 1. The first-order valence-electron chi connectivity index (χ1n) is 11.3. The first kappa shape index (κ1) is 22.9. The zero-order valence-electron chi connectivity index (χ0n) is 19.2. The lowest BCUT2D eigenvalue weighted by Gasteiger charge is -2.18. The highest BCUT2D eigenvalue weighted by molar-refractivity contribution is 7.90. The SMILES string of the molecule is COc1ccc(-n2nc3c(c2NC(=O)CC(c2ccccc2)c2ccccc2)CS(=O)(=O)C3)cc1. The Morgan fingerprint density at radius 1 is 0.943 bits per heavy atom. The Labute approximate surface area is 204 Å². The fourth-order valence-corrected chi connectivity index (χ4v) is 5.94. The van der Waals surface area contributed by atoms with Gasteiger partial charge in [-0.2, -0.15) is 5.10 Å². The van der Waals surface area contributed by atoms with Crippen LogP contribution in [0.25, 0.3) is 5.69 Å². The number of rotatable bonds is 7. The van der Waals surface area contributed by atoms with E-state index in [-0.39, 0.29) is 29.8 Å². The topological polar surface area (TPSA) is 90.3 Å². The zero-order valence-corrected chi connectivity index (χ0v) is 20.0. The summed E-state index contributed by atoms with van der Waals surface area (Å²) in [4.78, 5) is 13.4. The van der Waals surface area contributed by atoms with Crippen molar-refractivity contribution in [3.63, 3.8) is 0 Å². The number of methoxy groups -OCH3 is 1. The molecule has 1 aliphatic heterocycles. The van der Waals surface area contributed by atoms with E-state index < -0.39 is 9.84 Å². The van der Waals surface area contributed by atoms with Crippen molar-refractivity contribution in [2.75, 3.05) is 12.4 Å². The van der Waals surface area contributed by atoms with Gasteiger partial charge in [0, 0.05) is 17.9 Å². The van der Waals surface area contributed by atoms with Crippen molar-refractivity contribution in [1.29, 1.82) is 0 Å². The first-order valence-corrected chi connectivity index (χ1v) is 13.1. The van der Waals surface area contributed by atoms with E-state index >= 15 is 0 Å². The molecule has 0 spiro atoms. The van der Waals surface area contributed by atoms with Crippen LogP contribution in [0.3, 0.4) is 0 Å². The smallest absolute Gasteiger partial charge is 0.226 e. The van der Waals surface area contributed by atoms with Crippen LogP contribution in [0.15, 0.2) is 84.9 Å².